The summed E-state index contributed by atoms with van der Waals surface area (Å²) in [7, 11) is 0. The maximum atomic E-state index is 12.9. The number of aromatic nitrogens is 3. The van der Waals surface area contributed by atoms with Crippen molar-refractivity contribution in [1.82, 2.24) is 19.7 Å². The quantitative estimate of drug-likeness (QED) is 0.219. The Hall–Kier alpha value is -5.09. The number of amides is 1. The Morgan fingerprint density at radius 3 is 2.60 bits per heavy atom. The zero-order chi connectivity index (χ0) is 29.4. The van der Waals surface area contributed by atoms with Crippen molar-refractivity contribution in [2.24, 2.45) is 10.7 Å². The number of aryl methyl sites for hydroxylation is 1. The number of nitrogens with zero attached hydrogens (tertiary/aromatic N) is 5. The van der Waals surface area contributed by atoms with E-state index in [2.05, 4.69) is 27.5 Å². The van der Waals surface area contributed by atoms with Crippen molar-refractivity contribution >= 4 is 46.3 Å². The zero-order valence-electron chi connectivity index (χ0n) is 23.1. The van der Waals surface area contributed by atoms with Crippen molar-refractivity contribution in [3.8, 4) is 0 Å². The van der Waals surface area contributed by atoms with Crippen molar-refractivity contribution in [3.05, 3.63) is 118 Å². The van der Waals surface area contributed by atoms with Crippen LogP contribution in [0.5, 0.6) is 0 Å². The minimum absolute atomic E-state index is 0.204. The summed E-state index contributed by atoms with van der Waals surface area (Å²) >= 11 is 6.66. The largest absolute Gasteiger partial charge is 0.421 e. The van der Waals surface area contributed by atoms with E-state index in [1.807, 2.05) is 78.2 Å². The number of nitrogens with one attached hydrogen (secondary N) is 1. The van der Waals surface area contributed by atoms with Gasteiger partial charge in [-0.15, -0.1) is 0 Å². The van der Waals surface area contributed by atoms with Gasteiger partial charge in [0.1, 0.15) is 11.6 Å². The van der Waals surface area contributed by atoms with Crippen LogP contribution >= 0.6 is 11.6 Å². The first-order valence-electron chi connectivity index (χ1n) is 13.4. The molecule has 1 atom stereocenters. The number of rotatable bonds is 7. The molecule has 3 heterocycles. The van der Waals surface area contributed by atoms with Gasteiger partial charge in [0, 0.05) is 28.0 Å². The maximum absolute atomic E-state index is 12.9. The molecule has 0 fully saturated rings. The van der Waals surface area contributed by atoms with Gasteiger partial charge in [0.15, 0.2) is 5.58 Å². The molecule has 11 heteroatoms. The molecule has 0 spiro atoms. The lowest BCUT2D eigenvalue weighted by atomic mass is 9.94. The SMILES string of the molecule is CC1=C(C(N)=O)C(c2ccc(C)cc2Cl)N=C(Nc2nc3cccc(N)c3o2)N1Cc1cnn(Cc2ccccc2)c1. The third kappa shape index (κ3) is 5.31. The highest BCUT2D eigenvalue weighted by molar-refractivity contribution is 6.31. The van der Waals surface area contributed by atoms with Crippen molar-refractivity contribution in [3.63, 3.8) is 0 Å². The number of halogens is 1. The fourth-order valence-electron chi connectivity index (χ4n) is 5.09. The van der Waals surface area contributed by atoms with Crippen LogP contribution in [0.1, 0.15) is 35.2 Å². The first-order valence-corrected chi connectivity index (χ1v) is 13.7. The van der Waals surface area contributed by atoms with Gasteiger partial charge in [-0.05, 0) is 43.2 Å². The van der Waals surface area contributed by atoms with Gasteiger partial charge in [0.05, 0.1) is 30.5 Å². The van der Waals surface area contributed by atoms with Gasteiger partial charge in [-0.2, -0.15) is 10.1 Å². The standard InChI is InChI=1S/C31H29ClN8O2/c1-18-11-12-22(23(32)13-18)27-26(29(34)41)19(2)40(17-21-14-35-39(16-21)15-20-7-4-3-5-8-20)30(37-27)38-31-36-25-10-6-9-24(33)28(25)42-31/h3-14,16,27H,15,17,33H2,1-2H3,(H2,34,41)(H,36,37,38). The number of carbonyl (C=O) groups excluding carboxylic acids is 1. The number of anilines is 2. The Morgan fingerprint density at radius 1 is 1.05 bits per heavy atom. The molecule has 3 aromatic carbocycles. The van der Waals surface area contributed by atoms with Crippen LogP contribution in [0.2, 0.25) is 5.02 Å². The number of primary amides is 1. The number of aliphatic imine (C=N–C) groups is 1. The van der Waals surface area contributed by atoms with E-state index in [9.17, 15) is 4.79 Å². The smallest absolute Gasteiger partial charge is 0.302 e. The Morgan fingerprint density at radius 2 is 1.86 bits per heavy atom. The molecule has 5 aromatic rings. The molecule has 0 saturated heterocycles. The predicted octanol–water partition coefficient (Wildman–Crippen LogP) is 5.40. The summed E-state index contributed by atoms with van der Waals surface area (Å²) in [4.78, 5) is 24.3. The van der Waals surface area contributed by atoms with Gasteiger partial charge in [0.25, 0.3) is 0 Å². The van der Waals surface area contributed by atoms with E-state index in [4.69, 9.17) is 32.5 Å². The average molecular weight is 581 g/mol. The fraction of sp³-hybridized carbons (Fsp3) is 0.161. The Balaban J connectivity index is 1.40. The van der Waals surface area contributed by atoms with Crippen LogP contribution in [-0.4, -0.2) is 31.5 Å². The number of nitrogen functional groups attached to an aromatic ring is 1. The maximum Gasteiger partial charge on any atom is 0.302 e. The summed E-state index contributed by atoms with van der Waals surface area (Å²) < 4.78 is 7.82. The van der Waals surface area contributed by atoms with Crippen LogP contribution in [0.25, 0.3) is 11.1 Å². The van der Waals surface area contributed by atoms with Crippen LogP contribution in [0.3, 0.4) is 0 Å². The molecule has 10 nitrogen and oxygen atoms in total. The van der Waals surface area contributed by atoms with Crippen molar-refractivity contribution in [2.75, 3.05) is 11.1 Å². The first kappa shape index (κ1) is 27.1. The number of benzene rings is 3. The van der Waals surface area contributed by atoms with Gasteiger partial charge in [-0.1, -0.05) is 60.1 Å². The van der Waals surface area contributed by atoms with E-state index in [-0.39, 0.29) is 6.01 Å². The lowest BCUT2D eigenvalue weighted by Crippen LogP contribution is -2.41. The number of nitrogens with two attached hydrogens (primary N) is 2. The number of hydrogen-bond acceptors (Lipinski definition) is 8. The third-order valence-electron chi connectivity index (χ3n) is 7.17. The monoisotopic (exact) mass is 580 g/mol. The second-order valence-corrected chi connectivity index (χ2v) is 10.6. The van der Waals surface area contributed by atoms with Crippen LogP contribution in [-0.2, 0) is 17.9 Å². The summed E-state index contributed by atoms with van der Waals surface area (Å²) in [6.45, 7) is 4.76. The van der Waals surface area contributed by atoms with Crippen molar-refractivity contribution < 1.29 is 9.21 Å². The van der Waals surface area contributed by atoms with Gasteiger partial charge < -0.3 is 20.8 Å². The predicted molar refractivity (Wildman–Crippen MR) is 164 cm³/mol. The molecule has 0 radical (unpaired) electrons. The topological polar surface area (TPSA) is 141 Å². The van der Waals surface area contributed by atoms with E-state index in [1.54, 1.807) is 12.3 Å². The molecule has 2 aromatic heterocycles. The Bertz CT molecular complexity index is 1860. The minimum Gasteiger partial charge on any atom is -0.421 e. The highest BCUT2D eigenvalue weighted by atomic mass is 35.5. The third-order valence-corrected chi connectivity index (χ3v) is 7.50. The number of fused-ring (bicyclic) bond motifs is 1. The molecular weight excluding hydrogens is 552 g/mol. The number of para-hydroxylation sites is 1. The van der Waals surface area contributed by atoms with E-state index >= 15 is 0 Å². The van der Waals surface area contributed by atoms with Crippen molar-refractivity contribution in [2.45, 2.75) is 33.0 Å². The highest BCUT2D eigenvalue weighted by Crippen LogP contribution is 2.38. The normalized spacial score (nSPS) is 15.3. The molecule has 1 amide bonds. The van der Waals surface area contributed by atoms with Crippen molar-refractivity contribution in [1.29, 1.82) is 0 Å². The fourth-order valence-corrected chi connectivity index (χ4v) is 5.43. The molecular formula is C31H29ClN8O2. The summed E-state index contributed by atoms with van der Waals surface area (Å²) in [6.07, 6.45) is 3.76. The van der Waals surface area contributed by atoms with Gasteiger partial charge >= 0.3 is 6.01 Å². The second kappa shape index (κ2) is 11.1. The summed E-state index contributed by atoms with van der Waals surface area (Å²) in [5.74, 6) is -0.184. The molecule has 6 rings (SSSR count). The van der Waals surface area contributed by atoms with E-state index < -0.39 is 11.9 Å². The number of guanidine groups is 1. The Kier molecular flexibility index (Phi) is 7.13. The molecule has 42 heavy (non-hydrogen) atoms. The molecule has 5 N–H and O–H groups in total. The summed E-state index contributed by atoms with van der Waals surface area (Å²) in [6, 6.07) is 20.5. The van der Waals surface area contributed by atoms with Crippen LogP contribution in [0.15, 0.2) is 99.8 Å². The number of oxazole rings is 1. The van der Waals surface area contributed by atoms with Crippen LogP contribution in [0, 0.1) is 6.92 Å². The highest BCUT2D eigenvalue weighted by Gasteiger charge is 2.34. The van der Waals surface area contributed by atoms with Crippen LogP contribution in [0.4, 0.5) is 11.7 Å². The summed E-state index contributed by atoms with van der Waals surface area (Å²) in [5, 5.41) is 8.25. The Labute approximate surface area is 247 Å². The molecule has 0 saturated carbocycles. The number of allylic oxidation sites excluding steroid dienone is 1. The van der Waals surface area contributed by atoms with Gasteiger partial charge in [-0.3, -0.25) is 14.8 Å². The first-order chi connectivity index (χ1) is 20.3. The van der Waals surface area contributed by atoms with Gasteiger partial charge in [0.2, 0.25) is 11.9 Å². The van der Waals surface area contributed by atoms with E-state index in [0.29, 0.717) is 57.7 Å². The molecule has 1 aliphatic rings. The lowest BCUT2D eigenvalue weighted by molar-refractivity contribution is -0.115. The molecule has 212 valence electrons. The minimum atomic E-state index is -0.746. The molecule has 1 unspecified atom stereocenters. The molecule has 0 aliphatic carbocycles. The van der Waals surface area contributed by atoms with E-state index in [1.165, 1.54) is 0 Å². The van der Waals surface area contributed by atoms with Gasteiger partial charge in [-0.25, -0.2) is 4.99 Å². The molecule has 0 bridgehead atoms. The number of hydrogen-bond donors (Lipinski definition) is 3. The summed E-state index contributed by atoms with van der Waals surface area (Å²) in [5.41, 5.74) is 18.2. The number of carbonyl (C=O) groups is 1. The average Bonchev–Trinajstić information content (AvgIpc) is 3.58. The second-order valence-electron chi connectivity index (χ2n) is 10.2. The van der Waals surface area contributed by atoms with Crippen LogP contribution < -0.4 is 16.8 Å². The molecule has 1 aliphatic heterocycles. The van der Waals surface area contributed by atoms with E-state index in [0.717, 1.165) is 16.7 Å². The lowest BCUT2D eigenvalue weighted by Gasteiger charge is -2.34. The zero-order valence-corrected chi connectivity index (χ0v) is 23.8.